The van der Waals surface area contributed by atoms with Gasteiger partial charge in [0.15, 0.2) is 0 Å². The third-order valence-corrected chi connectivity index (χ3v) is 3.39. The molecule has 0 bridgehead atoms. The van der Waals surface area contributed by atoms with Crippen molar-refractivity contribution in [3.05, 3.63) is 29.8 Å². The first-order chi connectivity index (χ1) is 8.70. The summed E-state index contributed by atoms with van der Waals surface area (Å²) in [6.07, 6.45) is 0.461. The maximum Gasteiger partial charge on any atom is 0.237 e. The number of amides is 1. The minimum atomic E-state index is -0.575. The van der Waals surface area contributed by atoms with Gasteiger partial charge in [-0.3, -0.25) is 4.79 Å². The zero-order chi connectivity index (χ0) is 14.6. The standard InChI is InChI=1S/C15H24N2O2/c1-10(15(2,3)4)17-14(19)13(16)9-11-5-7-12(18)8-6-11/h5-8,10,13,18H,9,16H2,1-4H3,(H,17,19). The van der Waals surface area contributed by atoms with E-state index in [1.54, 1.807) is 24.3 Å². The van der Waals surface area contributed by atoms with Crippen LogP contribution in [0.3, 0.4) is 0 Å². The SMILES string of the molecule is CC(NC(=O)C(N)Cc1ccc(O)cc1)C(C)(C)C. The van der Waals surface area contributed by atoms with Crippen LogP contribution in [0.2, 0.25) is 0 Å². The number of nitrogens with one attached hydrogen (secondary N) is 1. The maximum absolute atomic E-state index is 12.0. The van der Waals surface area contributed by atoms with Crippen molar-refractivity contribution in [1.82, 2.24) is 5.32 Å². The molecule has 1 aromatic rings. The highest BCUT2D eigenvalue weighted by molar-refractivity contribution is 5.82. The van der Waals surface area contributed by atoms with Crippen LogP contribution in [0.1, 0.15) is 33.3 Å². The number of carbonyl (C=O) groups excluding carboxylic acids is 1. The second-order valence-corrected chi connectivity index (χ2v) is 6.07. The van der Waals surface area contributed by atoms with Gasteiger partial charge in [0.1, 0.15) is 5.75 Å². The van der Waals surface area contributed by atoms with E-state index in [0.29, 0.717) is 6.42 Å². The van der Waals surface area contributed by atoms with Gasteiger partial charge in [0.05, 0.1) is 6.04 Å². The zero-order valence-electron chi connectivity index (χ0n) is 12.1. The normalized spacial score (nSPS) is 14.8. The first kappa shape index (κ1) is 15.5. The van der Waals surface area contributed by atoms with Gasteiger partial charge >= 0.3 is 0 Å². The van der Waals surface area contributed by atoms with Crippen molar-refractivity contribution in [3.63, 3.8) is 0 Å². The quantitative estimate of drug-likeness (QED) is 0.776. The molecule has 0 fully saturated rings. The van der Waals surface area contributed by atoms with E-state index >= 15 is 0 Å². The fraction of sp³-hybridized carbons (Fsp3) is 0.533. The summed E-state index contributed by atoms with van der Waals surface area (Å²) < 4.78 is 0. The van der Waals surface area contributed by atoms with E-state index in [9.17, 15) is 9.90 Å². The summed E-state index contributed by atoms with van der Waals surface area (Å²) in [7, 11) is 0. The number of aromatic hydroxyl groups is 1. The fourth-order valence-corrected chi connectivity index (χ4v) is 1.52. The zero-order valence-corrected chi connectivity index (χ0v) is 12.1. The molecule has 19 heavy (non-hydrogen) atoms. The Morgan fingerprint density at radius 3 is 2.32 bits per heavy atom. The fourth-order valence-electron chi connectivity index (χ4n) is 1.52. The van der Waals surface area contributed by atoms with Crippen LogP contribution in [-0.4, -0.2) is 23.1 Å². The number of phenolic OH excluding ortho intramolecular Hbond substituents is 1. The van der Waals surface area contributed by atoms with E-state index in [4.69, 9.17) is 5.73 Å². The molecular formula is C15H24N2O2. The summed E-state index contributed by atoms with van der Waals surface area (Å²) in [5, 5.41) is 12.1. The van der Waals surface area contributed by atoms with Crippen LogP contribution in [0.15, 0.2) is 24.3 Å². The second-order valence-electron chi connectivity index (χ2n) is 6.07. The first-order valence-corrected chi connectivity index (χ1v) is 6.54. The van der Waals surface area contributed by atoms with Gasteiger partial charge in [0.25, 0.3) is 0 Å². The number of hydrogen-bond acceptors (Lipinski definition) is 3. The monoisotopic (exact) mass is 264 g/mol. The van der Waals surface area contributed by atoms with E-state index in [-0.39, 0.29) is 23.1 Å². The molecule has 1 amide bonds. The largest absolute Gasteiger partial charge is 0.508 e. The first-order valence-electron chi connectivity index (χ1n) is 6.54. The Bertz CT molecular complexity index is 421. The van der Waals surface area contributed by atoms with Gasteiger partial charge in [-0.25, -0.2) is 0 Å². The molecule has 2 atom stereocenters. The summed E-state index contributed by atoms with van der Waals surface area (Å²) in [6.45, 7) is 8.20. The van der Waals surface area contributed by atoms with Crippen LogP contribution in [0, 0.1) is 5.41 Å². The number of hydrogen-bond donors (Lipinski definition) is 3. The molecule has 0 aliphatic carbocycles. The molecule has 0 aliphatic heterocycles. The van der Waals surface area contributed by atoms with Gasteiger partial charge in [-0.05, 0) is 36.5 Å². The highest BCUT2D eigenvalue weighted by atomic mass is 16.3. The lowest BCUT2D eigenvalue weighted by atomic mass is 9.88. The molecule has 0 heterocycles. The van der Waals surface area contributed by atoms with E-state index in [2.05, 4.69) is 26.1 Å². The van der Waals surface area contributed by atoms with E-state index in [1.807, 2.05) is 6.92 Å². The Balaban J connectivity index is 2.56. The number of benzene rings is 1. The van der Waals surface area contributed by atoms with Gasteiger partial charge < -0.3 is 16.2 Å². The Kier molecular flexibility index (Phi) is 4.95. The summed E-state index contributed by atoms with van der Waals surface area (Å²) in [5.41, 5.74) is 6.85. The van der Waals surface area contributed by atoms with Crippen LogP contribution in [0.5, 0.6) is 5.75 Å². The van der Waals surface area contributed by atoms with Crippen LogP contribution in [-0.2, 0) is 11.2 Å². The number of carbonyl (C=O) groups is 1. The molecule has 0 saturated carbocycles. The minimum Gasteiger partial charge on any atom is -0.508 e. The Morgan fingerprint density at radius 1 is 1.32 bits per heavy atom. The van der Waals surface area contributed by atoms with Crippen molar-refractivity contribution in [1.29, 1.82) is 0 Å². The molecule has 0 aromatic heterocycles. The van der Waals surface area contributed by atoms with Crippen LogP contribution >= 0.6 is 0 Å². The lowest BCUT2D eigenvalue weighted by Gasteiger charge is -2.29. The predicted molar refractivity (Wildman–Crippen MR) is 76.8 cm³/mol. The number of phenols is 1. The van der Waals surface area contributed by atoms with Gasteiger partial charge in [-0.1, -0.05) is 32.9 Å². The molecule has 4 nitrogen and oxygen atoms in total. The van der Waals surface area contributed by atoms with Crippen LogP contribution in [0.25, 0.3) is 0 Å². The molecule has 1 aromatic carbocycles. The lowest BCUT2D eigenvalue weighted by Crippen LogP contribution is -2.49. The lowest BCUT2D eigenvalue weighted by molar-refractivity contribution is -0.123. The third kappa shape index (κ3) is 4.91. The number of rotatable bonds is 4. The molecule has 4 N–H and O–H groups in total. The minimum absolute atomic E-state index is 0.00785. The average molecular weight is 264 g/mol. The van der Waals surface area contributed by atoms with Crippen molar-refractivity contribution in [3.8, 4) is 5.75 Å². The second kappa shape index (κ2) is 6.06. The molecule has 0 spiro atoms. The Hall–Kier alpha value is -1.55. The highest BCUT2D eigenvalue weighted by Crippen LogP contribution is 2.18. The third-order valence-electron chi connectivity index (χ3n) is 3.39. The molecular weight excluding hydrogens is 240 g/mol. The Morgan fingerprint density at radius 2 is 1.84 bits per heavy atom. The smallest absolute Gasteiger partial charge is 0.237 e. The van der Waals surface area contributed by atoms with Gasteiger partial charge in [-0.2, -0.15) is 0 Å². The van der Waals surface area contributed by atoms with Crippen molar-refractivity contribution in [2.45, 2.75) is 46.2 Å². The molecule has 0 saturated heterocycles. The molecule has 106 valence electrons. The molecule has 0 aliphatic rings. The van der Waals surface area contributed by atoms with E-state index < -0.39 is 6.04 Å². The van der Waals surface area contributed by atoms with Crippen molar-refractivity contribution in [2.24, 2.45) is 11.1 Å². The molecule has 0 radical (unpaired) electrons. The average Bonchev–Trinajstić information content (AvgIpc) is 2.30. The van der Waals surface area contributed by atoms with Crippen molar-refractivity contribution >= 4 is 5.91 Å². The predicted octanol–water partition coefficient (Wildman–Crippen LogP) is 1.81. The molecule has 2 unspecified atom stereocenters. The van der Waals surface area contributed by atoms with Crippen molar-refractivity contribution < 1.29 is 9.90 Å². The van der Waals surface area contributed by atoms with Crippen LogP contribution < -0.4 is 11.1 Å². The van der Waals surface area contributed by atoms with E-state index in [1.165, 1.54) is 0 Å². The topological polar surface area (TPSA) is 75.4 Å². The van der Waals surface area contributed by atoms with E-state index in [0.717, 1.165) is 5.56 Å². The number of nitrogens with two attached hydrogens (primary N) is 1. The summed E-state index contributed by atoms with van der Waals surface area (Å²) >= 11 is 0. The van der Waals surface area contributed by atoms with Gasteiger partial charge in [-0.15, -0.1) is 0 Å². The highest BCUT2D eigenvalue weighted by Gasteiger charge is 2.24. The van der Waals surface area contributed by atoms with Gasteiger partial charge in [0, 0.05) is 6.04 Å². The summed E-state index contributed by atoms with van der Waals surface area (Å²) in [4.78, 5) is 12.0. The summed E-state index contributed by atoms with van der Waals surface area (Å²) in [6, 6.07) is 6.22. The molecule has 1 rings (SSSR count). The maximum atomic E-state index is 12.0. The Labute approximate surface area is 115 Å². The summed E-state index contributed by atoms with van der Waals surface area (Å²) in [5.74, 6) is 0.0682. The van der Waals surface area contributed by atoms with Crippen LogP contribution in [0.4, 0.5) is 0 Å². The van der Waals surface area contributed by atoms with Gasteiger partial charge in [0.2, 0.25) is 5.91 Å². The van der Waals surface area contributed by atoms with Crippen molar-refractivity contribution in [2.75, 3.05) is 0 Å². The molecule has 4 heteroatoms.